The highest BCUT2D eigenvalue weighted by Crippen LogP contribution is 2.07. The zero-order chi connectivity index (χ0) is 37.7. The highest BCUT2D eigenvalue weighted by atomic mass is 32.1. The Labute approximate surface area is 286 Å². The Morgan fingerprint density at radius 3 is 1.65 bits per heavy atom. The number of guanidine groups is 1. The largest absolute Gasteiger partial charge is 0.481 e. The van der Waals surface area contributed by atoms with Gasteiger partial charge in [-0.05, 0) is 33.6 Å². The molecule has 0 saturated carbocycles. The first-order valence-corrected chi connectivity index (χ1v) is 15.1. The Balaban J connectivity index is 4.73. The lowest BCUT2D eigenvalue weighted by Crippen LogP contribution is -2.53. The van der Waals surface area contributed by atoms with Gasteiger partial charge in [-0.3, -0.25) is 38.6 Å². The summed E-state index contributed by atoms with van der Waals surface area (Å²) in [5.41, 5.74) is 9.56. The van der Waals surface area contributed by atoms with Gasteiger partial charge in [0.2, 0.25) is 35.4 Å². The molecule has 0 aliphatic heterocycles. The number of ether oxygens (including phenoxy) is 1. The van der Waals surface area contributed by atoms with Gasteiger partial charge < -0.3 is 63.6 Å². The number of hydrogen-bond donors (Lipinski definition) is 12. The van der Waals surface area contributed by atoms with E-state index >= 15 is 0 Å². The van der Waals surface area contributed by atoms with E-state index in [1.165, 1.54) is 0 Å². The van der Waals surface area contributed by atoms with Crippen molar-refractivity contribution in [3.8, 4) is 0 Å². The maximum atomic E-state index is 12.5. The van der Waals surface area contributed by atoms with Crippen LogP contribution in [0.25, 0.3) is 0 Å². The van der Waals surface area contributed by atoms with Crippen LogP contribution in [0.4, 0.5) is 4.79 Å². The first kappa shape index (κ1) is 43.6. The van der Waals surface area contributed by atoms with Crippen molar-refractivity contribution in [3.05, 3.63) is 0 Å². The lowest BCUT2D eigenvalue weighted by atomic mass is 10.1. The second-order valence-corrected chi connectivity index (χ2v) is 11.4. The lowest BCUT2D eigenvalue weighted by Gasteiger charge is -2.22. The van der Waals surface area contributed by atoms with E-state index in [2.05, 4.69) is 54.8 Å². The predicted molar refractivity (Wildman–Crippen MR) is 173 cm³/mol. The van der Waals surface area contributed by atoms with Gasteiger partial charge in [-0.1, -0.05) is 0 Å². The number of carboxylic acids is 2. The molecule has 0 aromatic carbocycles. The van der Waals surface area contributed by atoms with Crippen LogP contribution in [0.2, 0.25) is 0 Å². The molecule has 0 aromatic rings. The molecule has 13 N–H and O–H groups in total. The lowest BCUT2D eigenvalue weighted by molar-refractivity contribution is -0.142. The summed E-state index contributed by atoms with van der Waals surface area (Å²) in [6.45, 7) is 2.29. The highest BCUT2D eigenvalue weighted by molar-refractivity contribution is 7.80. The quantitative estimate of drug-likeness (QED) is 0.0228. The molecule has 0 spiro atoms. The van der Waals surface area contributed by atoms with Gasteiger partial charge in [0.15, 0.2) is 5.96 Å². The Morgan fingerprint density at radius 2 is 1.18 bits per heavy atom. The average molecular weight is 721 g/mol. The summed E-state index contributed by atoms with van der Waals surface area (Å²) < 4.78 is 5.05. The molecule has 49 heavy (non-hydrogen) atoms. The van der Waals surface area contributed by atoms with Crippen molar-refractivity contribution in [2.75, 3.05) is 38.5 Å². The van der Waals surface area contributed by atoms with E-state index in [0.717, 1.165) is 0 Å². The zero-order valence-corrected chi connectivity index (χ0v) is 28.0. The molecule has 0 saturated heterocycles. The fraction of sp³-hybridized carbons (Fsp3) is 0.615. The predicted octanol–water partition coefficient (Wildman–Crippen LogP) is -5.14. The van der Waals surface area contributed by atoms with Crippen molar-refractivity contribution >= 4 is 72.1 Å². The van der Waals surface area contributed by atoms with Crippen molar-refractivity contribution in [2.24, 2.45) is 16.5 Å². The average Bonchev–Trinajstić information content (AvgIpc) is 2.98. The number of aliphatic carboxylic acids is 2. The summed E-state index contributed by atoms with van der Waals surface area (Å²) >= 11 is 3.98. The van der Waals surface area contributed by atoms with E-state index in [9.17, 15) is 48.3 Å². The number of alkyl carbamates (subject to hydrolysis) is 1. The summed E-state index contributed by atoms with van der Waals surface area (Å²) in [4.78, 5) is 111. The zero-order valence-electron chi connectivity index (χ0n) is 27.1. The number of hydrogen-bond acceptors (Lipinski definition) is 12. The minimum Gasteiger partial charge on any atom is -0.481 e. The Hall–Kier alpha value is -5.35. The second kappa shape index (κ2) is 22.3. The number of nitrogens with zero attached hydrogens (tertiary/aromatic N) is 1. The third-order valence-electron chi connectivity index (χ3n) is 5.54. The molecular formula is C26H44N10O12S. The van der Waals surface area contributed by atoms with Crippen molar-refractivity contribution in [3.63, 3.8) is 0 Å². The number of carboxylic acid groups (broad SMARTS) is 2. The second-order valence-electron chi connectivity index (χ2n) is 11.0. The summed E-state index contributed by atoms with van der Waals surface area (Å²) in [6.07, 6.45) is -1.60. The molecule has 3 atom stereocenters. The van der Waals surface area contributed by atoms with Crippen molar-refractivity contribution < 1.29 is 58.1 Å². The van der Waals surface area contributed by atoms with Gasteiger partial charge in [-0.2, -0.15) is 12.6 Å². The molecule has 0 rings (SSSR count). The fourth-order valence-corrected chi connectivity index (χ4v) is 3.60. The number of amides is 7. The molecule has 276 valence electrons. The summed E-state index contributed by atoms with van der Waals surface area (Å²) in [5.74, 6) is -8.58. The molecular weight excluding hydrogens is 676 g/mol. The molecule has 0 aliphatic rings. The van der Waals surface area contributed by atoms with Gasteiger partial charge in [0.05, 0.1) is 32.6 Å². The Morgan fingerprint density at radius 1 is 0.714 bits per heavy atom. The number of nitrogens with two attached hydrogens (primary N) is 2. The van der Waals surface area contributed by atoms with E-state index in [1.54, 1.807) is 20.8 Å². The fourth-order valence-electron chi connectivity index (χ4n) is 3.34. The summed E-state index contributed by atoms with van der Waals surface area (Å²) in [5, 5.41) is 33.6. The third kappa shape index (κ3) is 22.0. The first-order valence-electron chi connectivity index (χ1n) is 14.5. The van der Waals surface area contributed by atoms with Gasteiger partial charge >= 0.3 is 18.0 Å². The topological polar surface area (TPSA) is 352 Å². The van der Waals surface area contributed by atoms with E-state index in [-0.39, 0.29) is 31.1 Å². The van der Waals surface area contributed by atoms with Crippen molar-refractivity contribution in [1.82, 2.24) is 37.2 Å². The van der Waals surface area contributed by atoms with Gasteiger partial charge in [0.1, 0.15) is 23.7 Å². The monoisotopic (exact) mass is 720 g/mol. The van der Waals surface area contributed by atoms with Crippen LogP contribution in [-0.4, -0.2) is 132 Å². The number of rotatable bonds is 21. The molecule has 0 aliphatic carbocycles. The van der Waals surface area contributed by atoms with Crippen LogP contribution in [0.1, 0.15) is 40.0 Å². The molecule has 0 radical (unpaired) electrons. The Bertz CT molecular complexity index is 1250. The van der Waals surface area contributed by atoms with Crippen LogP contribution >= 0.6 is 12.6 Å². The number of nitrogens with one attached hydrogen (secondary N) is 7. The van der Waals surface area contributed by atoms with E-state index in [4.69, 9.17) is 21.3 Å². The normalized spacial score (nSPS) is 12.4. The molecule has 7 amide bonds. The minimum absolute atomic E-state index is 0.0403. The molecule has 0 heterocycles. The molecule has 22 nitrogen and oxygen atoms in total. The summed E-state index contributed by atoms with van der Waals surface area (Å²) in [7, 11) is 0. The van der Waals surface area contributed by atoms with Crippen LogP contribution < -0.4 is 48.7 Å². The van der Waals surface area contributed by atoms with Gasteiger partial charge in [0.25, 0.3) is 0 Å². The van der Waals surface area contributed by atoms with Crippen molar-refractivity contribution in [1.29, 1.82) is 0 Å². The molecule has 0 aromatic heterocycles. The number of thiol groups is 1. The van der Waals surface area contributed by atoms with E-state index in [1.807, 2.05) is 0 Å². The first-order chi connectivity index (χ1) is 22.7. The molecule has 0 fully saturated rings. The van der Waals surface area contributed by atoms with Gasteiger partial charge in [-0.25, -0.2) is 9.59 Å². The highest BCUT2D eigenvalue weighted by Gasteiger charge is 2.26. The molecule has 3 unspecified atom stereocenters. The van der Waals surface area contributed by atoms with Gasteiger partial charge in [-0.15, -0.1) is 0 Å². The number of carbonyl (C=O) groups excluding carboxylic acids is 7. The van der Waals surface area contributed by atoms with Crippen LogP contribution in [0, 0.1) is 0 Å². The third-order valence-corrected chi connectivity index (χ3v) is 5.90. The van der Waals surface area contributed by atoms with E-state index < -0.39 is 110 Å². The van der Waals surface area contributed by atoms with Crippen LogP contribution in [-0.2, 0) is 43.1 Å². The van der Waals surface area contributed by atoms with Crippen LogP contribution in [0.3, 0.4) is 0 Å². The number of carbonyl (C=O) groups is 9. The van der Waals surface area contributed by atoms with Crippen LogP contribution in [0.5, 0.6) is 0 Å². The SMILES string of the molecule is CC(C)(C)OC(=O)NC(CS)C(=O)NCC(=O)NCC(=O)NCC(=O)NC(CC(=O)O)C(=O)NCC(=O)NC(CCCN=C(N)N)C(=O)O. The van der Waals surface area contributed by atoms with Gasteiger partial charge in [0, 0.05) is 12.3 Å². The van der Waals surface area contributed by atoms with Crippen molar-refractivity contribution in [2.45, 2.75) is 63.8 Å². The smallest absolute Gasteiger partial charge is 0.408 e. The number of aliphatic imine (C=N–C) groups is 1. The minimum atomic E-state index is -1.68. The standard InChI is InChI=1S/C26H44N10O12S/c1-26(2,3)48-25(47)36-15(12-49)22(44)32-9-17(38)30-8-16(37)31-10-18(39)35-14(7-20(41)42)21(43)33-11-19(40)34-13(23(45)46)5-4-6-29-24(27)28/h13-15,49H,4-12H2,1-3H3,(H,30,38)(H,31,37)(H,32,44)(H,33,43)(H,34,40)(H,35,39)(H,36,47)(H,41,42)(H,45,46)(H4,27,28,29). The Kier molecular flexibility index (Phi) is 19.8. The summed E-state index contributed by atoms with van der Waals surface area (Å²) in [6, 6.07) is -4.14. The maximum Gasteiger partial charge on any atom is 0.408 e. The molecule has 23 heteroatoms. The van der Waals surface area contributed by atoms with E-state index in [0.29, 0.717) is 0 Å². The maximum absolute atomic E-state index is 12.5. The van der Waals surface area contributed by atoms with Crippen LogP contribution in [0.15, 0.2) is 4.99 Å². The molecule has 0 bridgehead atoms.